The number of nitrogens with zero attached hydrogens (tertiary/aromatic N) is 1. The third kappa shape index (κ3) is 4.45. The zero-order valence-corrected chi connectivity index (χ0v) is 14.7. The van der Waals surface area contributed by atoms with Gasteiger partial charge in [0.1, 0.15) is 5.82 Å². The molecule has 0 bridgehead atoms. The average Bonchev–Trinajstić information content (AvgIpc) is 2.51. The third-order valence-electron chi connectivity index (χ3n) is 3.66. The van der Waals surface area contributed by atoms with E-state index >= 15 is 0 Å². The molecule has 0 spiro atoms. The van der Waals surface area contributed by atoms with E-state index in [0.29, 0.717) is 22.2 Å². The van der Waals surface area contributed by atoms with Gasteiger partial charge in [0.2, 0.25) is 0 Å². The van der Waals surface area contributed by atoms with E-state index in [1.54, 1.807) is 31.2 Å². The number of pyridine rings is 1. The van der Waals surface area contributed by atoms with Crippen molar-refractivity contribution >= 4 is 21.5 Å². The molecule has 1 aromatic carbocycles. The molecule has 124 valence electrons. The van der Waals surface area contributed by atoms with Crippen molar-refractivity contribution in [3.8, 4) is 0 Å². The summed E-state index contributed by atoms with van der Waals surface area (Å²) in [4.78, 5) is 4.54. The number of hydrogen-bond donors (Lipinski definition) is 2. The molecule has 2 rings (SSSR count). The molecule has 0 aliphatic rings. The second kappa shape index (κ2) is 7.00. The van der Waals surface area contributed by atoms with Gasteiger partial charge in [0.25, 0.3) is 10.0 Å². The van der Waals surface area contributed by atoms with E-state index in [1.807, 2.05) is 13.0 Å². The molecule has 1 heterocycles. The molecule has 0 saturated carbocycles. The fourth-order valence-corrected chi connectivity index (χ4v) is 3.48. The largest absolute Gasteiger partial charge is 0.368 e. The lowest BCUT2D eigenvalue weighted by Gasteiger charge is -2.13. The molecule has 0 aliphatic carbocycles. The molecule has 1 unspecified atom stereocenters. The van der Waals surface area contributed by atoms with Crippen molar-refractivity contribution in [2.45, 2.75) is 45.1 Å². The quantitative estimate of drug-likeness (QED) is 0.845. The minimum atomic E-state index is -3.62. The summed E-state index contributed by atoms with van der Waals surface area (Å²) in [6, 6.07) is 9.17. The fraction of sp³-hybridized carbons (Fsp3) is 0.353. The topological polar surface area (TPSA) is 71.1 Å². The van der Waals surface area contributed by atoms with E-state index in [4.69, 9.17) is 0 Å². The first-order chi connectivity index (χ1) is 10.8. The van der Waals surface area contributed by atoms with Gasteiger partial charge in [0.15, 0.2) is 0 Å². The zero-order chi connectivity index (χ0) is 17.0. The highest BCUT2D eigenvalue weighted by molar-refractivity contribution is 7.92. The van der Waals surface area contributed by atoms with Gasteiger partial charge in [-0.1, -0.05) is 19.1 Å². The zero-order valence-electron chi connectivity index (χ0n) is 13.9. The second-order valence-corrected chi connectivity index (χ2v) is 7.41. The summed E-state index contributed by atoms with van der Waals surface area (Å²) in [5, 5.41) is 3.24. The van der Waals surface area contributed by atoms with Crippen LogP contribution in [-0.4, -0.2) is 19.4 Å². The van der Waals surface area contributed by atoms with Crippen LogP contribution < -0.4 is 10.0 Å². The van der Waals surface area contributed by atoms with E-state index in [9.17, 15) is 8.42 Å². The molecule has 2 N–H and O–H groups in total. The number of hydrogen-bond acceptors (Lipinski definition) is 4. The summed E-state index contributed by atoms with van der Waals surface area (Å²) in [7, 11) is -3.62. The van der Waals surface area contributed by atoms with Gasteiger partial charge in [-0.15, -0.1) is 0 Å². The normalized spacial score (nSPS) is 12.7. The van der Waals surface area contributed by atoms with Gasteiger partial charge in [0.05, 0.1) is 16.8 Å². The summed E-state index contributed by atoms with van der Waals surface area (Å²) < 4.78 is 27.6. The van der Waals surface area contributed by atoms with Crippen molar-refractivity contribution in [3.05, 3.63) is 47.7 Å². The number of aromatic nitrogens is 1. The summed E-state index contributed by atoms with van der Waals surface area (Å²) in [5.74, 6) is 0.731. The van der Waals surface area contributed by atoms with Crippen molar-refractivity contribution in [2.75, 3.05) is 10.0 Å². The fourth-order valence-electron chi connectivity index (χ4n) is 2.10. The molecule has 0 amide bonds. The van der Waals surface area contributed by atoms with Gasteiger partial charge in [-0.25, -0.2) is 13.4 Å². The Morgan fingerprint density at radius 1 is 1.17 bits per heavy atom. The summed E-state index contributed by atoms with van der Waals surface area (Å²) in [6.45, 7) is 7.81. The Morgan fingerprint density at radius 3 is 2.52 bits per heavy atom. The van der Waals surface area contributed by atoms with Crippen LogP contribution in [-0.2, 0) is 10.0 Å². The van der Waals surface area contributed by atoms with Gasteiger partial charge < -0.3 is 5.32 Å². The van der Waals surface area contributed by atoms with Crippen molar-refractivity contribution in [1.82, 2.24) is 4.98 Å². The smallest absolute Gasteiger partial charge is 0.262 e. The maximum atomic E-state index is 12.5. The number of sulfonamides is 1. The first kappa shape index (κ1) is 17.3. The van der Waals surface area contributed by atoms with E-state index in [1.165, 1.54) is 6.20 Å². The second-order valence-electron chi connectivity index (χ2n) is 5.76. The van der Waals surface area contributed by atoms with Crippen LogP contribution in [0.2, 0.25) is 0 Å². The molecule has 0 radical (unpaired) electrons. The molecule has 5 nitrogen and oxygen atoms in total. The Kier molecular flexibility index (Phi) is 5.26. The van der Waals surface area contributed by atoms with Crippen LogP contribution in [0.25, 0.3) is 0 Å². The first-order valence-electron chi connectivity index (χ1n) is 7.64. The van der Waals surface area contributed by atoms with Gasteiger partial charge in [-0.05, 0) is 56.5 Å². The number of aryl methyl sites for hydroxylation is 2. The highest BCUT2D eigenvalue weighted by Crippen LogP contribution is 2.21. The van der Waals surface area contributed by atoms with Crippen molar-refractivity contribution in [3.63, 3.8) is 0 Å². The molecule has 0 saturated heterocycles. The molecular formula is C17H23N3O2S. The maximum Gasteiger partial charge on any atom is 0.262 e. The third-order valence-corrected chi connectivity index (χ3v) is 5.18. The summed E-state index contributed by atoms with van der Waals surface area (Å²) in [5.41, 5.74) is 2.06. The van der Waals surface area contributed by atoms with E-state index in [0.717, 1.165) is 17.8 Å². The lowest BCUT2D eigenvalue weighted by molar-refractivity contribution is 0.600. The molecule has 0 aliphatic heterocycles. The van der Waals surface area contributed by atoms with Gasteiger partial charge in [-0.3, -0.25) is 4.72 Å². The molecule has 1 atom stereocenters. The Morgan fingerprint density at radius 2 is 1.91 bits per heavy atom. The van der Waals surface area contributed by atoms with Gasteiger partial charge in [-0.2, -0.15) is 0 Å². The van der Waals surface area contributed by atoms with Gasteiger partial charge >= 0.3 is 0 Å². The minimum Gasteiger partial charge on any atom is -0.368 e. The lowest BCUT2D eigenvalue weighted by atomic mass is 10.2. The SMILES string of the molecule is CCC(C)Nc1ccc(NS(=O)(=O)c2cc(C)ccc2C)cn1. The maximum absolute atomic E-state index is 12.5. The number of anilines is 2. The average molecular weight is 333 g/mol. The Bertz CT molecular complexity index is 771. The first-order valence-corrected chi connectivity index (χ1v) is 9.13. The standard InChI is InChI=1S/C17H23N3O2S/c1-5-14(4)19-17-9-8-15(11-18-17)20-23(21,22)16-10-12(2)6-7-13(16)3/h6-11,14,20H,5H2,1-4H3,(H,18,19). The Hall–Kier alpha value is -2.08. The van der Waals surface area contributed by atoms with Crippen LogP contribution in [0.1, 0.15) is 31.4 Å². The van der Waals surface area contributed by atoms with Gasteiger partial charge in [0, 0.05) is 6.04 Å². The molecule has 2 aromatic rings. The monoisotopic (exact) mass is 333 g/mol. The van der Waals surface area contributed by atoms with E-state index in [2.05, 4.69) is 28.9 Å². The van der Waals surface area contributed by atoms with Crippen LogP contribution in [0.5, 0.6) is 0 Å². The summed E-state index contributed by atoms with van der Waals surface area (Å²) >= 11 is 0. The van der Waals surface area contributed by atoms with Crippen molar-refractivity contribution < 1.29 is 8.42 Å². The van der Waals surface area contributed by atoms with Crippen LogP contribution in [0.15, 0.2) is 41.4 Å². The summed E-state index contributed by atoms with van der Waals surface area (Å²) in [6.07, 6.45) is 2.51. The molecular weight excluding hydrogens is 310 g/mol. The van der Waals surface area contributed by atoms with Crippen LogP contribution >= 0.6 is 0 Å². The van der Waals surface area contributed by atoms with Crippen molar-refractivity contribution in [1.29, 1.82) is 0 Å². The Balaban J connectivity index is 2.19. The van der Waals surface area contributed by atoms with E-state index in [-0.39, 0.29) is 0 Å². The lowest BCUT2D eigenvalue weighted by Crippen LogP contribution is -2.16. The number of rotatable bonds is 6. The molecule has 0 fully saturated rings. The van der Waals surface area contributed by atoms with Crippen LogP contribution in [0.4, 0.5) is 11.5 Å². The molecule has 6 heteroatoms. The predicted octanol–water partition coefficient (Wildman–Crippen LogP) is 3.71. The van der Waals surface area contributed by atoms with E-state index < -0.39 is 10.0 Å². The number of benzene rings is 1. The minimum absolute atomic E-state index is 0.291. The molecule has 1 aromatic heterocycles. The van der Waals surface area contributed by atoms with Crippen LogP contribution in [0.3, 0.4) is 0 Å². The highest BCUT2D eigenvalue weighted by Gasteiger charge is 2.17. The Labute approximate surface area is 138 Å². The highest BCUT2D eigenvalue weighted by atomic mass is 32.2. The predicted molar refractivity (Wildman–Crippen MR) is 94.3 cm³/mol. The van der Waals surface area contributed by atoms with Crippen molar-refractivity contribution in [2.24, 2.45) is 0 Å². The van der Waals surface area contributed by atoms with Crippen LogP contribution in [0, 0.1) is 13.8 Å². The molecule has 23 heavy (non-hydrogen) atoms. The number of nitrogens with one attached hydrogen (secondary N) is 2.